The van der Waals surface area contributed by atoms with E-state index >= 15 is 0 Å². The van der Waals surface area contributed by atoms with Crippen molar-refractivity contribution in [2.75, 3.05) is 13.2 Å². The van der Waals surface area contributed by atoms with Gasteiger partial charge in [0.1, 0.15) is 6.61 Å². The predicted octanol–water partition coefficient (Wildman–Crippen LogP) is 6.19. The third kappa shape index (κ3) is 5.19. The highest BCUT2D eigenvalue weighted by atomic mass is 35.5. The molecule has 0 atom stereocenters. The standard InChI is InChI=1S/C22H19Cl2NO4S/c1-3-9-29-18-8-6-14(11-19(18)28-4-2)12-20-21(26)25(22(27)30-20)13-15-5-7-16(23)17(24)10-15/h3,5-8,10-12H,1,4,9,13H2,2H3/b20-12-. The van der Waals surface area contributed by atoms with Gasteiger partial charge in [0.25, 0.3) is 11.1 Å². The van der Waals surface area contributed by atoms with E-state index in [1.807, 2.05) is 6.92 Å². The van der Waals surface area contributed by atoms with Crippen molar-refractivity contribution in [2.45, 2.75) is 13.5 Å². The summed E-state index contributed by atoms with van der Waals surface area (Å²) in [7, 11) is 0. The van der Waals surface area contributed by atoms with E-state index in [9.17, 15) is 9.59 Å². The second kappa shape index (κ2) is 10.1. The maximum Gasteiger partial charge on any atom is 0.293 e. The van der Waals surface area contributed by atoms with Gasteiger partial charge in [-0.05, 0) is 60.2 Å². The van der Waals surface area contributed by atoms with Crippen molar-refractivity contribution in [3.63, 3.8) is 0 Å². The van der Waals surface area contributed by atoms with E-state index in [1.54, 1.807) is 48.6 Å². The fourth-order valence-electron chi connectivity index (χ4n) is 2.76. The lowest BCUT2D eigenvalue weighted by Gasteiger charge is -2.13. The van der Waals surface area contributed by atoms with Gasteiger partial charge in [-0.1, -0.05) is 48.0 Å². The van der Waals surface area contributed by atoms with Crippen LogP contribution in [-0.4, -0.2) is 29.3 Å². The fraction of sp³-hybridized carbons (Fsp3) is 0.182. The molecule has 0 spiro atoms. The molecule has 0 radical (unpaired) electrons. The van der Waals surface area contributed by atoms with E-state index in [-0.39, 0.29) is 17.7 Å². The number of nitrogens with zero attached hydrogens (tertiary/aromatic N) is 1. The molecule has 0 N–H and O–H groups in total. The van der Waals surface area contributed by atoms with Crippen molar-refractivity contribution in [2.24, 2.45) is 0 Å². The van der Waals surface area contributed by atoms with Crippen molar-refractivity contribution < 1.29 is 19.1 Å². The van der Waals surface area contributed by atoms with Gasteiger partial charge in [0.05, 0.1) is 28.1 Å². The normalized spacial score (nSPS) is 15.0. The van der Waals surface area contributed by atoms with Gasteiger partial charge >= 0.3 is 0 Å². The zero-order chi connectivity index (χ0) is 21.7. The highest BCUT2D eigenvalue weighted by molar-refractivity contribution is 8.18. The van der Waals surface area contributed by atoms with Crippen LogP contribution >= 0.6 is 35.0 Å². The lowest BCUT2D eigenvalue weighted by atomic mass is 10.1. The van der Waals surface area contributed by atoms with Gasteiger partial charge in [-0.2, -0.15) is 0 Å². The van der Waals surface area contributed by atoms with Crippen LogP contribution in [0.25, 0.3) is 6.08 Å². The number of benzene rings is 2. The molecule has 3 rings (SSSR count). The molecule has 0 aromatic heterocycles. The Labute approximate surface area is 189 Å². The molecular weight excluding hydrogens is 445 g/mol. The molecular formula is C22H19Cl2NO4S. The van der Waals surface area contributed by atoms with Gasteiger partial charge in [0, 0.05) is 0 Å². The number of rotatable bonds is 8. The molecule has 2 aromatic rings. The highest BCUT2D eigenvalue weighted by Crippen LogP contribution is 2.36. The number of carbonyl (C=O) groups is 2. The Hall–Kier alpha value is -2.41. The largest absolute Gasteiger partial charge is 0.490 e. The van der Waals surface area contributed by atoms with Gasteiger partial charge in [-0.3, -0.25) is 14.5 Å². The average molecular weight is 464 g/mol. The molecule has 0 aliphatic carbocycles. The minimum absolute atomic E-state index is 0.122. The van der Waals surface area contributed by atoms with E-state index in [0.29, 0.717) is 39.7 Å². The second-order valence-electron chi connectivity index (χ2n) is 6.26. The summed E-state index contributed by atoms with van der Waals surface area (Å²) in [6.45, 7) is 6.45. The molecule has 8 heteroatoms. The second-order valence-corrected chi connectivity index (χ2v) is 8.06. The van der Waals surface area contributed by atoms with Crippen LogP contribution in [0.5, 0.6) is 11.5 Å². The lowest BCUT2D eigenvalue weighted by Crippen LogP contribution is -2.27. The van der Waals surface area contributed by atoms with E-state index in [2.05, 4.69) is 6.58 Å². The number of carbonyl (C=O) groups excluding carboxylic acids is 2. The number of imide groups is 1. The van der Waals surface area contributed by atoms with Crippen LogP contribution in [0.15, 0.2) is 54.0 Å². The topological polar surface area (TPSA) is 55.8 Å². The minimum Gasteiger partial charge on any atom is -0.490 e. The Kier molecular flexibility index (Phi) is 7.48. The zero-order valence-electron chi connectivity index (χ0n) is 16.2. The zero-order valence-corrected chi connectivity index (χ0v) is 18.5. The number of thioether (sulfide) groups is 1. The molecule has 2 aromatic carbocycles. The smallest absolute Gasteiger partial charge is 0.293 e. The molecule has 30 heavy (non-hydrogen) atoms. The fourth-order valence-corrected chi connectivity index (χ4v) is 3.92. The quantitative estimate of drug-likeness (QED) is 0.344. The molecule has 1 fully saturated rings. The molecule has 2 amide bonds. The summed E-state index contributed by atoms with van der Waals surface area (Å²) in [6, 6.07) is 10.4. The summed E-state index contributed by atoms with van der Waals surface area (Å²) in [5.41, 5.74) is 1.44. The Bertz CT molecular complexity index is 1020. The summed E-state index contributed by atoms with van der Waals surface area (Å²) in [5, 5.41) is 0.451. The molecule has 0 saturated carbocycles. The first-order valence-corrected chi connectivity index (χ1v) is 10.7. The Morgan fingerprint density at radius 2 is 1.87 bits per heavy atom. The lowest BCUT2D eigenvalue weighted by molar-refractivity contribution is -0.123. The monoisotopic (exact) mass is 463 g/mol. The van der Waals surface area contributed by atoms with Gasteiger partial charge in [0.2, 0.25) is 0 Å². The van der Waals surface area contributed by atoms with Crippen LogP contribution < -0.4 is 9.47 Å². The summed E-state index contributed by atoms with van der Waals surface area (Å²) >= 11 is 12.8. The van der Waals surface area contributed by atoms with Crippen LogP contribution in [0, 0.1) is 0 Å². The maximum absolute atomic E-state index is 12.8. The molecule has 0 unspecified atom stereocenters. The van der Waals surface area contributed by atoms with Crippen molar-refractivity contribution in [3.05, 3.63) is 75.1 Å². The van der Waals surface area contributed by atoms with Crippen LogP contribution in [0.4, 0.5) is 4.79 Å². The van der Waals surface area contributed by atoms with Crippen LogP contribution in [0.1, 0.15) is 18.1 Å². The molecule has 0 bridgehead atoms. The van der Waals surface area contributed by atoms with E-state index in [0.717, 1.165) is 22.9 Å². The summed E-state index contributed by atoms with van der Waals surface area (Å²) in [5.74, 6) is 0.783. The van der Waals surface area contributed by atoms with Gasteiger partial charge < -0.3 is 9.47 Å². The third-order valence-corrected chi connectivity index (χ3v) is 5.77. The van der Waals surface area contributed by atoms with Gasteiger partial charge in [0.15, 0.2) is 11.5 Å². The SMILES string of the molecule is C=CCOc1ccc(/C=C2\SC(=O)N(Cc3ccc(Cl)c(Cl)c3)C2=O)cc1OCC. The van der Waals surface area contributed by atoms with Crippen molar-refractivity contribution in [1.29, 1.82) is 0 Å². The molecule has 1 aliphatic rings. The van der Waals surface area contributed by atoms with Crippen LogP contribution in [-0.2, 0) is 11.3 Å². The number of ether oxygens (including phenoxy) is 2. The van der Waals surface area contributed by atoms with Crippen LogP contribution in [0.2, 0.25) is 10.0 Å². The molecule has 1 saturated heterocycles. The number of amides is 2. The molecule has 1 heterocycles. The average Bonchev–Trinajstić information content (AvgIpc) is 2.98. The number of hydrogen-bond acceptors (Lipinski definition) is 5. The van der Waals surface area contributed by atoms with E-state index in [4.69, 9.17) is 32.7 Å². The maximum atomic E-state index is 12.8. The van der Waals surface area contributed by atoms with E-state index in [1.165, 1.54) is 4.90 Å². The van der Waals surface area contributed by atoms with Crippen molar-refractivity contribution in [1.82, 2.24) is 4.90 Å². The highest BCUT2D eigenvalue weighted by Gasteiger charge is 2.35. The third-order valence-electron chi connectivity index (χ3n) is 4.12. The number of halogens is 2. The minimum atomic E-state index is -0.360. The first-order valence-electron chi connectivity index (χ1n) is 9.12. The van der Waals surface area contributed by atoms with Crippen LogP contribution in [0.3, 0.4) is 0 Å². The van der Waals surface area contributed by atoms with E-state index < -0.39 is 0 Å². The summed E-state index contributed by atoms with van der Waals surface area (Å²) < 4.78 is 11.2. The Morgan fingerprint density at radius 3 is 2.57 bits per heavy atom. The summed E-state index contributed by atoms with van der Waals surface area (Å²) in [4.78, 5) is 26.7. The molecule has 1 aliphatic heterocycles. The Balaban J connectivity index is 1.81. The first kappa shape index (κ1) is 22.3. The predicted molar refractivity (Wildman–Crippen MR) is 121 cm³/mol. The van der Waals surface area contributed by atoms with Gasteiger partial charge in [-0.15, -0.1) is 0 Å². The molecule has 156 valence electrons. The van der Waals surface area contributed by atoms with Gasteiger partial charge in [-0.25, -0.2) is 0 Å². The summed E-state index contributed by atoms with van der Waals surface area (Å²) in [6.07, 6.45) is 3.31. The van der Waals surface area contributed by atoms with Crippen molar-refractivity contribution in [3.8, 4) is 11.5 Å². The van der Waals surface area contributed by atoms with Crippen molar-refractivity contribution >= 4 is 52.2 Å². The first-order chi connectivity index (χ1) is 14.4. The number of hydrogen-bond donors (Lipinski definition) is 0. The molecule has 5 nitrogen and oxygen atoms in total. The Morgan fingerprint density at radius 1 is 1.07 bits per heavy atom.